The van der Waals surface area contributed by atoms with E-state index in [4.69, 9.17) is 10.6 Å². The lowest BCUT2D eigenvalue weighted by Gasteiger charge is -2.16. The van der Waals surface area contributed by atoms with Crippen LogP contribution in [-0.4, -0.2) is 11.0 Å². The molecule has 106 valence electrons. The smallest absolute Gasteiger partial charge is 0.269 e. The maximum Gasteiger partial charge on any atom is 0.269 e. The summed E-state index contributed by atoms with van der Waals surface area (Å²) in [5.41, 5.74) is 3.89. The Kier molecular flexibility index (Phi) is 5.72. The van der Waals surface area contributed by atoms with Crippen LogP contribution in [0.4, 0.5) is 11.4 Å². The molecule has 0 aromatic heterocycles. The topological polar surface area (TPSA) is 90.4 Å². The van der Waals surface area contributed by atoms with Gasteiger partial charge in [0.2, 0.25) is 0 Å². The Morgan fingerprint density at radius 2 is 2.11 bits per heavy atom. The zero-order valence-corrected chi connectivity index (χ0v) is 11.6. The molecule has 6 heteroatoms. The molecule has 0 saturated heterocycles. The zero-order chi connectivity index (χ0) is 14.4. The van der Waals surface area contributed by atoms with E-state index >= 15 is 0 Å². The first kappa shape index (κ1) is 15.4. The summed E-state index contributed by atoms with van der Waals surface area (Å²) in [7, 11) is 0. The molecule has 1 aromatic carbocycles. The van der Waals surface area contributed by atoms with Crippen molar-refractivity contribution in [2.45, 2.75) is 39.9 Å². The molecule has 0 radical (unpaired) electrons. The van der Waals surface area contributed by atoms with Crippen molar-refractivity contribution in [3.63, 3.8) is 0 Å². The van der Waals surface area contributed by atoms with Gasteiger partial charge in [-0.05, 0) is 25.3 Å². The van der Waals surface area contributed by atoms with Gasteiger partial charge in [-0.25, -0.2) is 0 Å². The van der Waals surface area contributed by atoms with Gasteiger partial charge < -0.3 is 10.2 Å². The van der Waals surface area contributed by atoms with E-state index in [-0.39, 0.29) is 11.8 Å². The molecule has 1 unspecified atom stereocenters. The molecule has 0 spiro atoms. The highest BCUT2D eigenvalue weighted by atomic mass is 16.6. The summed E-state index contributed by atoms with van der Waals surface area (Å²) in [6, 6.07) is 4.48. The molecule has 0 aliphatic rings. The van der Waals surface area contributed by atoms with Gasteiger partial charge in [-0.1, -0.05) is 13.8 Å². The SMILES string of the molecule is CC(C)CC(C)OCc1cc([N+](=O)[O-])ccc1NN. The first-order valence-corrected chi connectivity index (χ1v) is 6.29. The van der Waals surface area contributed by atoms with E-state index in [1.165, 1.54) is 12.1 Å². The van der Waals surface area contributed by atoms with Crippen LogP contribution in [0, 0.1) is 16.0 Å². The Balaban J connectivity index is 2.75. The number of nitrogens with two attached hydrogens (primary N) is 1. The van der Waals surface area contributed by atoms with E-state index < -0.39 is 4.92 Å². The summed E-state index contributed by atoms with van der Waals surface area (Å²) >= 11 is 0. The van der Waals surface area contributed by atoms with Crippen molar-refractivity contribution in [3.05, 3.63) is 33.9 Å². The molecule has 0 aliphatic carbocycles. The number of nitrogen functional groups attached to an aromatic ring is 1. The quantitative estimate of drug-likeness (QED) is 0.450. The van der Waals surface area contributed by atoms with Crippen molar-refractivity contribution in [2.75, 3.05) is 5.43 Å². The summed E-state index contributed by atoms with van der Waals surface area (Å²) < 4.78 is 5.70. The molecule has 1 rings (SSSR count). The van der Waals surface area contributed by atoms with E-state index in [0.29, 0.717) is 23.8 Å². The van der Waals surface area contributed by atoms with Crippen molar-refractivity contribution >= 4 is 11.4 Å². The average Bonchev–Trinajstić information content (AvgIpc) is 2.35. The van der Waals surface area contributed by atoms with Crippen LogP contribution in [-0.2, 0) is 11.3 Å². The Bertz CT molecular complexity index is 435. The summed E-state index contributed by atoms with van der Waals surface area (Å²) in [6.45, 7) is 6.54. The first-order chi connectivity index (χ1) is 8.93. The van der Waals surface area contributed by atoms with Crippen LogP contribution in [0.5, 0.6) is 0 Å². The monoisotopic (exact) mass is 267 g/mol. The van der Waals surface area contributed by atoms with Gasteiger partial charge in [-0.3, -0.25) is 16.0 Å². The molecule has 19 heavy (non-hydrogen) atoms. The molecule has 3 N–H and O–H groups in total. The van der Waals surface area contributed by atoms with Crippen LogP contribution in [0.25, 0.3) is 0 Å². The Labute approximate surface area is 113 Å². The number of anilines is 1. The second-order valence-electron chi connectivity index (χ2n) is 4.99. The lowest BCUT2D eigenvalue weighted by molar-refractivity contribution is -0.384. The fourth-order valence-corrected chi connectivity index (χ4v) is 1.92. The number of nitrogens with one attached hydrogen (secondary N) is 1. The summed E-state index contributed by atoms with van der Waals surface area (Å²) in [6.07, 6.45) is 1.05. The Hall–Kier alpha value is -1.66. The molecular formula is C13H21N3O3. The van der Waals surface area contributed by atoms with Crippen LogP contribution in [0.15, 0.2) is 18.2 Å². The van der Waals surface area contributed by atoms with Crippen molar-refractivity contribution in [2.24, 2.45) is 11.8 Å². The number of ether oxygens (including phenoxy) is 1. The Morgan fingerprint density at radius 3 is 2.63 bits per heavy atom. The molecule has 0 saturated carbocycles. The second-order valence-corrected chi connectivity index (χ2v) is 4.99. The first-order valence-electron chi connectivity index (χ1n) is 6.29. The van der Waals surface area contributed by atoms with Crippen molar-refractivity contribution in [3.8, 4) is 0 Å². The zero-order valence-electron chi connectivity index (χ0n) is 11.6. The van der Waals surface area contributed by atoms with Gasteiger partial charge >= 0.3 is 0 Å². The highest BCUT2D eigenvalue weighted by Crippen LogP contribution is 2.23. The molecule has 1 aromatic rings. The van der Waals surface area contributed by atoms with E-state index in [1.807, 2.05) is 6.92 Å². The summed E-state index contributed by atoms with van der Waals surface area (Å²) in [5.74, 6) is 5.94. The molecule has 0 aliphatic heterocycles. The number of nitro groups is 1. The summed E-state index contributed by atoms with van der Waals surface area (Å²) in [5, 5.41) is 10.7. The second kappa shape index (κ2) is 7.06. The lowest BCUT2D eigenvalue weighted by Crippen LogP contribution is -2.14. The van der Waals surface area contributed by atoms with Crippen LogP contribution >= 0.6 is 0 Å². The standard InChI is InChI=1S/C13H21N3O3/c1-9(2)6-10(3)19-8-11-7-12(16(17)18)4-5-13(11)15-14/h4-5,7,9-10,15H,6,8,14H2,1-3H3. The van der Waals surface area contributed by atoms with Gasteiger partial charge in [0.05, 0.1) is 23.3 Å². The largest absolute Gasteiger partial charge is 0.374 e. The van der Waals surface area contributed by atoms with Crippen LogP contribution in [0.1, 0.15) is 32.8 Å². The molecule has 6 nitrogen and oxygen atoms in total. The summed E-state index contributed by atoms with van der Waals surface area (Å²) in [4.78, 5) is 10.3. The van der Waals surface area contributed by atoms with E-state index in [0.717, 1.165) is 6.42 Å². The normalized spacial score (nSPS) is 12.5. The number of nitrogens with zero attached hydrogens (tertiary/aromatic N) is 1. The molecule has 0 bridgehead atoms. The third kappa shape index (κ3) is 4.84. The predicted molar refractivity (Wildman–Crippen MR) is 74.6 cm³/mol. The highest BCUT2D eigenvalue weighted by Gasteiger charge is 2.12. The number of hydrogen-bond acceptors (Lipinski definition) is 5. The fraction of sp³-hybridized carbons (Fsp3) is 0.538. The van der Waals surface area contributed by atoms with Gasteiger partial charge in [-0.15, -0.1) is 0 Å². The van der Waals surface area contributed by atoms with E-state index in [9.17, 15) is 10.1 Å². The number of benzene rings is 1. The number of non-ortho nitro benzene ring substituents is 1. The minimum atomic E-state index is -0.429. The van der Waals surface area contributed by atoms with Gasteiger partial charge in [0, 0.05) is 17.7 Å². The van der Waals surface area contributed by atoms with Gasteiger partial charge in [-0.2, -0.15) is 0 Å². The van der Waals surface area contributed by atoms with Gasteiger partial charge in [0.25, 0.3) is 5.69 Å². The van der Waals surface area contributed by atoms with Crippen LogP contribution in [0.2, 0.25) is 0 Å². The van der Waals surface area contributed by atoms with Crippen molar-refractivity contribution in [1.82, 2.24) is 0 Å². The van der Waals surface area contributed by atoms with E-state index in [1.54, 1.807) is 6.07 Å². The van der Waals surface area contributed by atoms with Crippen molar-refractivity contribution in [1.29, 1.82) is 0 Å². The molecule has 0 heterocycles. The maximum atomic E-state index is 10.7. The number of nitro benzene ring substituents is 1. The van der Waals surface area contributed by atoms with Gasteiger partial charge in [0.15, 0.2) is 0 Å². The highest BCUT2D eigenvalue weighted by molar-refractivity contribution is 5.55. The molecule has 0 amide bonds. The van der Waals surface area contributed by atoms with Crippen LogP contribution < -0.4 is 11.3 Å². The number of rotatable bonds is 7. The lowest BCUT2D eigenvalue weighted by atomic mass is 10.1. The molecule has 0 fully saturated rings. The van der Waals surface area contributed by atoms with Crippen LogP contribution in [0.3, 0.4) is 0 Å². The van der Waals surface area contributed by atoms with Crippen molar-refractivity contribution < 1.29 is 9.66 Å². The third-order valence-electron chi connectivity index (χ3n) is 2.78. The molecule has 1 atom stereocenters. The maximum absolute atomic E-state index is 10.7. The molecular weight excluding hydrogens is 246 g/mol. The Morgan fingerprint density at radius 1 is 1.42 bits per heavy atom. The predicted octanol–water partition coefficient (Wildman–Crippen LogP) is 2.83. The van der Waals surface area contributed by atoms with E-state index in [2.05, 4.69) is 19.3 Å². The third-order valence-corrected chi connectivity index (χ3v) is 2.78. The number of hydrogen-bond donors (Lipinski definition) is 2. The average molecular weight is 267 g/mol. The minimum Gasteiger partial charge on any atom is -0.374 e. The number of hydrazine groups is 1. The fourth-order valence-electron chi connectivity index (χ4n) is 1.92. The minimum absolute atomic E-state index is 0.0362. The van der Waals surface area contributed by atoms with Gasteiger partial charge in [0.1, 0.15) is 0 Å².